The minimum absolute atomic E-state index is 0.901. The summed E-state index contributed by atoms with van der Waals surface area (Å²) in [6.45, 7) is 20.8. The third-order valence-corrected chi connectivity index (χ3v) is 25.1. The van der Waals surface area contributed by atoms with Gasteiger partial charge in [0.2, 0.25) is 0 Å². The summed E-state index contributed by atoms with van der Waals surface area (Å²) >= 11 is -2.18. The predicted octanol–water partition coefficient (Wildman–Crippen LogP) is 7.17. The molecule has 1 heterocycles. The maximum absolute atomic E-state index is 2.64. The molecule has 8 unspecified atom stereocenters. The Kier molecular flexibility index (Phi) is 5.14. The van der Waals surface area contributed by atoms with E-state index in [0.29, 0.717) is 0 Å². The van der Waals surface area contributed by atoms with Gasteiger partial charge in [0.15, 0.2) is 0 Å². The molecule has 27 heavy (non-hydrogen) atoms. The monoisotopic (exact) mass is 428 g/mol. The molecule has 2 saturated carbocycles. The first kappa shape index (κ1) is 20.1. The molecule has 2 aliphatic carbocycles. The number of benzene rings is 1. The van der Waals surface area contributed by atoms with E-state index in [1.165, 1.54) is 10.5 Å². The van der Waals surface area contributed by atoms with Crippen LogP contribution in [-0.4, -0.2) is 13.3 Å². The van der Waals surface area contributed by atoms with E-state index in [0.717, 1.165) is 56.8 Å². The third kappa shape index (κ3) is 2.75. The van der Waals surface area contributed by atoms with Crippen LogP contribution in [0.15, 0.2) is 24.3 Å². The fraction of sp³-hybridized carbons (Fsp3) is 0.769. The van der Waals surface area contributed by atoms with Crippen LogP contribution in [-0.2, 0) is 10.5 Å². The Hall–Kier alpha value is -0.237. The molecule has 10 atom stereocenters. The zero-order chi connectivity index (χ0) is 19.7. The van der Waals surface area contributed by atoms with Crippen molar-refractivity contribution in [2.24, 2.45) is 47.3 Å². The molecule has 0 saturated heterocycles. The van der Waals surface area contributed by atoms with Crippen LogP contribution >= 0.6 is 0 Å². The van der Waals surface area contributed by atoms with Crippen LogP contribution in [0.4, 0.5) is 0 Å². The van der Waals surface area contributed by atoms with Crippen molar-refractivity contribution in [3.05, 3.63) is 35.4 Å². The molecular weight excluding hydrogens is 385 g/mol. The second-order valence-corrected chi connectivity index (χ2v) is 20.7. The summed E-state index contributed by atoms with van der Waals surface area (Å²) in [5.41, 5.74) is 3.49. The molecule has 2 fully saturated rings. The van der Waals surface area contributed by atoms with Crippen molar-refractivity contribution >= 4 is 13.3 Å². The summed E-state index contributed by atoms with van der Waals surface area (Å²) in [6, 6.07) is 9.57. The summed E-state index contributed by atoms with van der Waals surface area (Å²) in [5, 5.41) is 3.04. The van der Waals surface area contributed by atoms with Gasteiger partial charge in [0, 0.05) is 0 Å². The number of fused-ring (bicyclic) bond motifs is 1. The normalized spacial score (nSPS) is 48.7. The van der Waals surface area contributed by atoms with Gasteiger partial charge in [-0.1, -0.05) is 0 Å². The predicted molar refractivity (Wildman–Crippen MR) is 120 cm³/mol. The van der Waals surface area contributed by atoms with Gasteiger partial charge in [-0.05, 0) is 0 Å². The minimum atomic E-state index is -2.18. The second-order valence-electron chi connectivity index (χ2n) is 11.3. The molecule has 0 radical (unpaired) electrons. The quantitative estimate of drug-likeness (QED) is 0.439. The topological polar surface area (TPSA) is 0 Å². The van der Waals surface area contributed by atoms with E-state index in [-0.39, 0.29) is 0 Å². The van der Waals surface area contributed by atoms with Crippen LogP contribution in [0.25, 0.3) is 0 Å². The van der Waals surface area contributed by atoms with Crippen molar-refractivity contribution in [3.63, 3.8) is 0 Å². The van der Waals surface area contributed by atoms with Crippen LogP contribution in [0.3, 0.4) is 0 Å². The summed E-state index contributed by atoms with van der Waals surface area (Å²) in [6.07, 6.45) is 0. The van der Waals surface area contributed by atoms with Crippen molar-refractivity contribution in [2.75, 3.05) is 0 Å². The van der Waals surface area contributed by atoms with Crippen LogP contribution in [0.1, 0.15) is 66.5 Å². The van der Waals surface area contributed by atoms with E-state index < -0.39 is 13.3 Å². The van der Waals surface area contributed by atoms with E-state index >= 15 is 0 Å². The third-order valence-electron chi connectivity index (χ3n) is 10.7. The second kappa shape index (κ2) is 6.92. The van der Waals surface area contributed by atoms with Gasteiger partial charge >= 0.3 is 171 Å². The van der Waals surface area contributed by atoms with Crippen molar-refractivity contribution in [3.8, 4) is 0 Å². The fourth-order valence-electron chi connectivity index (χ4n) is 8.64. The Morgan fingerprint density at radius 3 is 1.11 bits per heavy atom. The molecule has 1 aromatic rings. The van der Waals surface area contributed by atoms with E-state index in [1.54, 1.807) is 11.1 Å². The fourth-order valence-corrected chi connectivity index (χ4v) is 27.6. The van der Waals surface area contributed by atoms with Gasteiger partial charge in [-0.2, -0.15) is 0 Å². The molecule has 3 aliphatic rings. The molecular formula is C26H42Ge. The summed E-state index contributed by atoms with van der Waals surface area (Å²) < 4.78 is 2.10. The molecule has 1 aliphatic heterocycles. The van der Waals surface area contributed by atoms with Gasteiger partial charge in [0.05, 0.1) is 0 Å². The van der Waals surface area contributed by atoms with Crippen molar-refractivity contribution in [2.45, 2.75) is 75.4 Å². The number of hydrogen-bond donors (Lipinski definition) is 0. The first-order valence-corrected chi connectivity index (χ1v) is 17.2. The molecule has 4 rings (SSSR count). The van der Waals surface area contributed by atoms with E-state index in [9.17, 15) is 0 Å². The first-order valence-electron chi connectivity index (χ1n) is 11.8. The maximum atomic E-state index is 2.64. The first-order chi connectivity index (χ1) is 12.7. The van der Waals surface area contributed by atoms with Gasteiger partial charge in [-0.3, -0.25) is 0 Å². The Morgan fingerprint density at radius 1 is 0.519 bits per heavy atom. The molecule has 0 spiro atoms. The van der Waals surface area contributed by atoms with Crippen LogP contribution in [0, 0.1) is 47.3 Å². The SMILES string of the molecule is CC1C(C)[C@@H](C)C(C)[CH]1[Ge]1([CH]2C(C)C(C)[C@H](C)C2C)[CH2]c2ccccc2[CH2]1. The molecule has 1 heteroatoms. The van der Waals surface area contributed by atoms with Crippen molar-refractivity contribution < 1.29 is 0 Å². The molecule has 150 valence electrons. The molecule has 1 aromatic carbocycles. The van der Waals surface area contributed by atoms with E-state index in [1.807, 2.05) is 0 Å². The van der Waals surface area contributed by atoms with Crippen molar-refractivity contribution in [1.29, 1.82) is 0 Å². The van der Waals surface area contributed by atoms with E-state index in [4.69, 9.17) is 0 Å². The summed E-state index contributed by atoms with van der Waals surface area (Å²) in [5.74, 6) is 7.31. The number of rotatable bonds is 2. The zero-order valence-corrected chi connectivity index (χ0v) is 21.1. The molecule has 0 nitrogen and oxygen atoms in total. The summed E-state index contributed by atoms with van der Waals surface area (Å²) in [4.78, 5) is 0. The van der Waals surface area contributed by atoms with Gasteiger partial charge in [0.1, 0.15) is 0 Å². The van der Waals surface area contributed by atoms with Gasteiger partial charge in [-0.15, -0.1) is 0 Å². The van der Waals surface area contributed by atoms with E-state index in [2.05, 4.69) is 79.7 Å². The molecule has 0 N–H and O–H groups in total. The van der Waals surface area contributed by atoms with Crippen LogP contribution in [0.2, 0.25) is 9.50 Å². The molecule has 0 bridgehead atoms. The van der Waals surface area contributed by atoms with Gasteiger partial charge in [0.25, 0.3) is 0 Å². The van der Waals surface area contributed by atoms with Gasteiger partial charge < -0.3 is 0 Å². The van der Waals surface area contributed by atoms with Gasteiger partial charge in [-0.25, -0.2) is 0 Å². The Bertz CT molecular complexity index is 606. The Labute approximate surface area is 171 Å². The Balaban J connectivity index is 1.84. The van der Waals surface area contributed by atoms with Crippen LogP contribution in [0.5, 0.6) is 0 Å². The Morgan fingerprint density at radius 2 is 0.815 bits per heavy atom. The zero-order valence-electron chi connectivity index (χ0n) is 19.0. The average molecular weight is 427 g/mol. The van der Waals surface area contributed by atoms with Crippen molar-refractivity contribution in [1.82, 2.24) is 0 Å². The van der Waals surface area contributed by atoms with Crippen LogP contribution < -0.4 is 0 Å². The molecule has 0 aromatic heterocycles. The summed E-state index contributed by atoms with van der Waals surface area (Å²) in [7, 11) is 0. The molecule has 0 amide bonds. The standard InChI is InChI=1S/C26H42Ge/c1-15-16(2)20(6)25(19(15)5)27(13-23-11-9-10-12-24(23)14-27)26-21(7)17(3)18(4)22(26)8/h9-12,15-22,25-26H,13-14H2,1-8H3/t15-,16?,17+,18?,19?,20?,21?,22?,25?,26?. The average Bonchev–Trinajstić information content (AvgIpc) is 3.18. The number of hydrogen-bond acceptors (Lipinski definition) is 0.